The number of nitrogens with one attached hydrogen (secondary N) is 1. The molecule has 1 aliphatic rings. The highest BCUT2D eigenvalue weighted by Gasteiger charge is 2.12. The minimum Gasteiger partial charge on any atom is -0.374 e. The van der Waals surface area contributed by atoms with Crippen LogP contribution in [0.4, 0.5) is 0 Å². The van der Waals surface area contributed by atoms with Crippen molar-refractivity contribution in [2.75, 3.05) is 6.54 Å². The number of carbonyl (C=O) groups excluding carboxylic acids is 1. The van der Waals surface area contributed by atoms with Gasteiger partial charge in [-0.1, -0.05) is 19.3 Å². The summed E-state index contributed by atoms with van der Waals surface area (Å²) in [5, 5.41) is 0. The summed E-state index contributed by atoms with van der Waals surface area (Å²) in [5.74, 6) is 0.712. The van der Waals surface area contributed by atoms with Crippen LogP contribution in [0.2, 0.25) is 0 Å². The molecule has 1 aliphatic carbocycles. The van der Waals surface area contributed by atoms with E-state index in [4.69, 9.17) is 0 Å². The van der Waals surface area contributed by atoms with Crippen molar-refractivity contribution in [3.63, 3.8) is 0 Å². The van der Waals surface area contributed by atoms with Crippen molar-refractivity contribution in [1.29, 1.82) is 0 Å². The number of carbonyl (C=O) groups is 1. The highest BCUT2D eigenvalue weighted by atomic mass is 16.7. The third kappa shape index (κ3) is 3.37. The summed E-state index contributed by atoms with van der Waals surface area (Å²) < 4.78 is 0. The van der Waals surface area contributed by atoms with Crippen molar-refractivity contribution < 1.29 is 9.63 Å². The molecule has 0 aromatic rings. The van der Waals surface area contributed by atoms with Crippen LogP contribution in [-0.2, 0) is 9.63 Å². The molecule has 0 heterocycles. The average Bonchev–Trinajstić information content (AvgIpc) is 2.07. The van der Waals surface area contributed by atoms with E-state index in [2.05, 4.69) is 10.3 Å². The molecule has 0 aliphatic heterocycles. The van der Waals surface area contributed by atoms with E-state index in [1.165, 1.54) is 32.1 Å². The van der Waals surface area contributed by atoms with Crippen molar-refractivity contribution in [3.05, 3.63) is 0 Å². The van der Waals surface area contributed by atoms with Crippen LogP contribution in [0.3, 0.4) is 0 Å². The van der Waals surface area contributed by atoms with Gasteiger partial charge in [0.05, 0.1) is 0 Å². The SMILES string of the molecule is O=CONCC1CCCCC1. The Labute approximate surface area is 67.1 Å². The van der Waals surface area contributed by atoms with Gasteiger partial charge in [0.1, 0.15) is 0 Å². The number of hydroxylamine groups is 1. The highest BCUT2D eigenvalue weighted by molar-refractivity contribution is 5.36. The monoisotopic (exact) mass is 157 g/mol. The Morgan fingerprint density at radius 3 is 2.73 bits per heavy atom. The summed E-state index contributed by atoms with van der Waals surface area (Å²) in [6.07, 6.45) is 6.57. The highest BCUT2D eigenvalue weighted by Crippen LogP contribution is 2.22. The molecule has 1 saturated carbocycles. The first kappa shape index (κ1) is 8.53. The summed E-state index contributed by atoms with van der Waals surface area (Å²) in [7, 11) is 0. The first-order valence-corrected chi connectivity index (χ1v) is 4.25. The Bertz CT molecular complexity index is 111. The van der Waals surface area contributed by atoms with Crippen molar-refractivity contribution in [1.82, 2.24) is 5.48 Å². The Hall–Kier alpha value is -0.570. The van der Waals surface area contributed by atoms with Gasteiger partial charge in [-0.15, -0.1) is 0 Å². The van der Waals surface area contributed by atoms with Crippen LogP contribution in [0.15, 0.2) is 0 Å². The molecule has 3 heteroatoms. The molecule has 0 atom stereocenters. The third-order valence-corrected chi connectivity index (χ3v) is 2.23. The zero-order valence-electron chi connectivity index (χ0n) is 6.71. The summed E-state index contributed by atoms with van der Waals surface area (Å²) in [4.78, 5) is 14.2. The van der Waals surface area contributed by atoms with Gasteiger partial charge in [-0.05, 0) is 18.8 Å². The van der Waals surface area contributed by atoms with Gasteiger partial charge in [-0.25, -0.2) is 0 Å². The van der Waals surface area contributed by atoms with Gasteiger partial charge < -0.3 is 4.84 Å². The standard InChI is InChI=1S/C8H15NO2/c10-7-11-9-6-8-4-2-1-3-5-8/h7-9H,1-6H2. The van der Waals surface area contributed by atoms with E-state index in [1.807, 2.05) is 0 Å². The Balaban J connectivity index is 2.00. The predicted octanol–water partition coefficient (Wildman–Crippen LogP) is 1.24. The van der Waals surface area contributed by atoms with Crippen molar-refractivity contribution in [2.24, 2.45) is 5.92 Å². The Morgan fingerprint density at radius 1 is 1.36 bits per heavy atom. The van der Waals surface area contributed by atoms with E-state index < -0.39 is 0 Å². The second-order valence-electron chi connectivity index (χ2n) is 3.07. The molecule has 0 spiro atoms. The van der Waals surface area contributed by atoms with E-state index >= 15 is 0 Å². The van der Waals surface area contributed by atoms with E-state index in [-0.39, 0.29) is 0 Å². The van der Waals surface area contributed by atoms with Crippen LogP contribution in [-0.4, -0.2) is 13.0 Å². The number of hydrogen-bond donors (Lipinski definition) is 1. The van der Waals surface area contributed by atoms with Crippen LogP contribution in [0.5, 0.6) is 0 Å². The van der Waals surface area contributed by atoms with Crippen LogP contribution >= 0.6 is 0 Å². The summed E-state index contributed by atoms with van der Waals surface area (Å²) in [5.41, 5.74) is 2.64. The van der Waals surface area contributed by atoms with E-state index in [0.29, 0.717) is 12.4 Å². The lowest BCUT2D eigenvalue weighted by atomic mass is 9.89. The molecule has 0 bridgehead atoms. The molecule has 0 aromatic carbocycles. The Kier molecular flexibility index (Phi) is 3.98. The molecule has 0 unspecified atom stereocenters. The second kappa shape index (κ2) is 5.13. The lowest BCUT2D eigenvalue weighted by molar-refractivity contribution is -0.135. The molecule has 1 rings (SSSR count). The first-order chi connectivity index (χ1) is 5.43. The van der Waals surface area contributed by atoms with Gasteiger partial charge in [-0.3, -0.25) is 4.79 Å². The fraction of sp³-hybridized carbons (Fsp3) is 0.875. The summed E-state index contributed by atoms with van der Waals surface area (Å²) >= 11 is 0. The van der Waals surface area contributed by atoms with Gasteiger partial charge in [0.25, 0.3) is 0 Å². The number of hydrogen-bond acceptors (Lipinski definition) is 3. The van der Waals surface area contributed by atoms with Gasteiger partial charge in [-0.2, -0.15) is 5.48 Å². The van der Waals surface area contributed by atoms with Gasteiger partial charge in [0.2, 0.25) is 0 Å². The van der Waals surface area contributed by atoms with Gasteiger partial charge in [0, 0.05) is 6.54 Å². The summed E-state index contributed by atoms with van der Waals surface area (Å²) in [6, 6.07) is 0. The molecule has 0 radical (unpaired) electrons. The molecule has 0 amide bonds. The van der Waals surface area contributed by atoms with Crippen molar-refractivity contribution in [3.8, 4) is 0 Å². The van der Waals surface area contributed by atoms with Crippen LogP contribution in [0.25, 0.3) is 0 Å². The van der Waals surface area contributed by atoms with E-state index in [9.17, 15) is 4.79 Å². The maximum Gasteiger partial charge on any atom is 0.312 e. The minimum absolute atomic E-state index is 0.433. The zero-order valence-corrected chi connectivity index (χ0v) is 6.71. The molecule has 11 heavy (non-hydrogen) atoms. The fourth-order valence-electron chi connectivity index (χ4n) is 1.59. The molecular weight excluding hydrogens is 142 g/mol. The quantitative estimate of drug-likeness (QED) is 0.379. The van der Waals surface area contributed by atoms with Gasteiger partial charge in [0.15, 0.2) is 0 Å². The van der Waals surface area contributed by atoms with E-state index in [0.717, 1.165) is 6.54 Å². The minimum atomic E-state index is 0.433. The van der Waals surface area contributed by atoms with E-state index in [1.54, 1.807) is 0 Å². The number of rotatable bonds is 4. The van der Waals surface area contributed by atoms with Crippen LogP contribution < -0.4 is 5.48 Å². The second-order valence-corrected chi connectivity index (χ2v) is 3.07. The largest absolute Gasteiger partial charge is 0.374 e. The topological polar surface area (TPSA) is 38.3 Å². The molecule has 1 fully saturated rings. The predicted molar refractivity (Wildman–Crippen MR) is 41.7 cm³/mol. The lowest BCUT2D eigenvalue weighted by Crippen LogP contribution is -2.24. The zero-order chi connectivity index (χ0) is 7.94. The lowest BCUT2D eigenvalue weighted by Gasteiger charge is -2.20. The molecule has 1 N–H and O–H groups in total. The maximum absolute atomic E-state index is 9.76. The third-order valence-electron chi connectivity index (χ3n) is 2.23. The summed E-state index contributed by atoms with van der Waals surface area (Å²) in [6.45, 7) is 1.25. The molecule has 3 nitrogen and oxygen atoms in total. The molecule has 64 valence electrons. The van der Waals surface area contributed by atoms with Crippen LogP contribution in [0.1, 0.15) is 32.1 Å². The normalized spacial score (nSPS) is 19.6. The Morgan fingerprint density at radius 2 is 2.09 bits per heavy atom. The molecular formula is C8H15NO2. The smallest absolute Gasteiger partial charge is 0.312 e. The van der Waals surface area contributed by atoms with Gasteiger partial charge >= 0.3 is 6.47 Å². The molecule has 0 aromatic heterocycles. The maximum atomic E-state index is 9.76. The van der Waals surface area contributed by atoms with Crippen LogP contribution in [0, 0.1) is 5.92 Å². The fourth-order valence-corrected chi connectivity index (χ4v) is 1.59. The average molecular weight is 157 g/mol. The van der Waals surface area contributed by atoms with Crippen molar-refractivity contribution >= 4 is 6.47 Å². The molecule has 0 saturated heterocycles. The first-order valence-electron chi connectivity index (χ1n) is 4.25. The van der Waals surface area contributed by atoms with Crippen molar-refractivity contribution in [2.45, 2.75) is 32.1 Å².